The van der Waals surface area contributed by atoms with Crippen LogP contribution in [0.3, 0.4) is 0 Å². The van der Waals surface area contributed by atoms with Crippen LogP contribution in [0.15, 0.2) is 12.1 Å². The average molecular weight is 306 g/mol. The highest BCUT2D eigenvalue weighted by Crippen LogP contribution is 2.21. The smallest absolute Gasteiger partial charge is 0.410 e. The van der Waals surface area contributed by atoms with Gasteiger partial charge in [-0.1, -0.05) is 0 Å². The molecule has 0 radical (unpaired) electrons. The average Bonchev–Trinajstić information content (AvgIpc) is 2.45. The van der Waals surface area contributed by atoms with Crippen molar-refractivity contribution in [1.29, 1.82) is 0 Å². The number of hydrogen-bond donors (Lipinski definition) is 0. The molecule has 1 aliphatic heterocycles. The number of ether oxygens (including phenoxy) is 1. The number of nitrogens with zero attached hydrogens (tertiary/aromatic N) is 4. The molecule has 2 rings (SSSR count). The van der Waals surface area contributed by atoms with Crippen molar-refractivity contribution in [3.05, 3.63) is 17.8 Å². The Kier molecular flexibility index (Phi) is 4.88. The molecule has 0 bridgehead atoms. The maximum absolute atomic E-state index is 12.2. The summed E-state index contributed by atoms with van der Waals surface area (Å²) in [5.41, 5.74) is 0.436. The number of likely N-dealkylation sites (N-methyl/N-ethyl adjacent to an activating group) is 1. The molecule has 22 heavy (non-hydrogen) atoms. The molecule has 0 spiro atoms. The number of amides is 1. The minimum atomic E-state index is -0.470. The van der Waals surface area contributed by atoms with Gasteiger partial charge in [-0.15, -0.1) is 5.10 Å². The van der Waals surface area contributed by atoms with Crippen LogP contribution in [0.1, 0.15) is 39.3 Å². The second-order valence-corrected chi connectivity index (χ2v) is 6.87. The van der Waals surface area contributed by atoms with Crippen LogP contribution in [0.5, 0.6) is 0 Å². The van der Waals surface area contributed by atoms with Gasteiger partial charge in [0.05, 0.1) is 11.7 Å². The predicted molar refractivity (Wildman–Crippen MR) is 86.0 cm³/mol. The van der Waals surface area contributed by atoms with Crippen molar-refractivity contribution < 1.29 is 9.53 Å². The molecule has 6 nitrogen and oxygen atoms in total. The lowest BCUT2D eigenvalue weighted by Crippen LogP contribution is -2.50. The highest BCUT2D eigenvalue weighted by atomic mass is 16.6. The molecule has 2 heterocycles. The third kappa shape index (κ3) is 4.32. The van der Waals surface area contributed by atoms with Crippen molar-refractivity contribution in [3.8, 4) is 0 Å². The zero-order chi connectivity index (χ0) is 16.3. The van der Waals surface area contributed by atoms with Gasteiger partial charge in [-0.05, 0) is 52.7 Å². The fourth-order valence-corrected chi connectivity index (χ4v) is 2.52. The van der Waals surface area contributed by atoms with Gasteiger partial charge in [0, 0.05) is 20.1 Å². The Morgan fingerprint density at radius 2 is 2.09 bits per heavy atom. The first kappa shape index (κ1) is 16.5. The molecule has 0 aliphatic carbocycles. The molecule has 0 unspecified atom stereocenters. The third-order valence-electron chi connectivity index (χ3n) is 3.73. The molecular formula is C16H26N4O2. The molecule has 1 aromatic rings. The number of hydrogen-bond acceptors (Lipinski definition) is 5. The van der Waals surface area contributed by atoms with E-state index in [-0.39, 0.29) is 12.1 Å². The number of aromatic nitrogens is 2. The second-order valence-electron chi connectivity index (χ2n) is 6.87. The predicted octanol–water partition coefficient (Wildman–Crippen LogP) is 2.62. The molecule has 1 atom stereocenters. The van der Waals surface area contributed by atoms with Crippen LogP contribution in [-0.4, -0.2) is 53.0 Å². The summed E-state index contributed by atoms with van der Waals surface area (Å²) < 4.78 is 5.45. The Hall–Kier alpha value is -1.85. The minimum absolute atomic E-state index is 0.131. The summed E-state index contributed by atoms with van der Waals surface area (Å²) in [6.45, 7) is 9.27. The number of piperidine rings is 1. The molecule has 1 fully saturated rings. The maximum Gasteiger partial charge on any atom is 0.410 e. The first-order chi connectivity index (χ1) is 10.3. The van der Waals surface area contributed by atoms with Crippen LogP contribution in [0.25, 0.3) is 0 Å². The van der Waals surface area contributed by atoms with Crippen LogP contribution >= 0.6 is 0 Å². The molecule has 1 amide bonds. The molecule has 0 N–H and O–H groups in total. The first-order valence-corrected chi connectivity index (χ1v) is 7.77. The quantitative estimate of drug-likeness (QED) is 0.840. The van der Waals surface area contributed by atoms with Crippen molar-refractivity contribution in [3.63, 3.8) is 0 Å². The lowest BCUT2D eigenvalue weighted by Gasteiger charge is -2.38. The number of carbonyl (C=O) groups excluding carboxylic acids is 1. The summed E-state index contributed by atoms with van der Waals surface area (Å²) in [6, 6.07) is 4.08. The van der Waals surface area contributed by atoms with E-state index in [0.29, 0.717) is 0 Å². The Bertz CT molecular complexity index is 510. The van der Waals surface area contributed by atoms with Gasteiger partial charge >= 0.3 is 6.09 Å². The molecule has 0 aromatic carbocycles. The zero-order valence-electron chi connectivity index (χ0n) is 14.2. The summed E-state index contributed by atoms with van der Waals surface area (Å²) in [7, 11) is 1.81. The third-order valence-corrected chi connectivity index (χ3v) is 3.73. The fourth-order valence-electron chi connectivity index (χ4n) is 2.52. The van der Waals surface area contributed by atoms with E-state index in [2.05, 4.69) is 15.1 Å². The van der Waals surface area contributed by atoms with Crippen molar-refractivity contribution in [2.75, 3.05) is 25.0 Å². The fraction of sp³-hybridized carbons (Fsp3) is 0.688. The van der Waals surface area contributed by atoms with Gasteiger partial charge in [0.2, 0.25) is 0 Å². The van der Waals surface area contributed by atoms with Crippen molar-refractivity contribution in [2.45, 2.75) is 52.2 Å². The van der Waals surface area contributed by atoms with E-state index in [4.69, 9.17) is 4.74 Å². The number of anilines is 1. The lowest BCUT2D eigenvalue weighted by atomic mass is 10.0. The van der Waals surface area contributed by atoms with E-state index in [1.54, 1.807) is 4.90 Å². The molecule has 0 saturated carbocycles. The topological polar surface area (TPSA) is 58.6 Å². The number of carbonyl (C=O) groups is 1. The minimum Gasteiger partial charge on any atom is -0.444 e. The maximum atomic E-state index is 12.2. The van der Waals surface area contributed by atoms with Crippen LogP contribution in [0.4, 0.5) is 10.6 Å². The van der Waals surface area contributed by atoms with Gasteiger partial charge < -0.3 is 14.5 Å². The lowest BCUT2D eigenvalue weighted by molar-refractivity contribution is 0.0209. The summed E-state index contributed by atoms with van der Waals surface area (Å²) in [4.78, 5) is 16.1. The SMILES string of the molecule is Cc1ccc(N2CCC[C@@H](N(C)C(=O)OC(C)(C)C)C2)nn1. The normalized spacial score (nSPS) is 19.0. The van der Waals surface area contributed by atoms with Crippen LogP contribution in [0.2, 0.25) is 0 Å². The summed E-state index contributed by atoms with van der Waals surface area (Å²) in [6.07, 6.45) is 1.73. The van der Waals surface area contributed by atoms with Gasteiger partial charge in [0.15, 0.2) is 5.82 Å². The molecule has 1 aromatic heterocycles. The molecule has 1 saturated heterocycles. The van der Waals surface area contributed by atoms with Crippen LogP contribution in [-0.2, 0) is 4.74 Å². The highest BCUT2D eigenvalue weighted by molar-refractivity contribution is 5.68. The summed E-state index contributed by atoms with van der Waals surface area (Å²) >= 11 is 0. The Morgan fingerprint density at radius 1 is 1.36 bits per heavy atom. The van der Waals surface area contributed by atoms with Gasteiger partial charge in [0.25, 0.3) is 0 Å². The van der Waals surface area contributed by atoms with E-state index in [1.165, 1.54) is 0 Å². The monoisotopic (exact) mass is 306 g/mol. The second kappa shape index (κ2) is 6.50. The van der Waals surface area contributed by atoms with Gasteiger partial charge in [0.1, 0.15) is 5.60 Å². The highest BCUT2D eigenvalue weighted by Gasteiger charge is 2.29. The van der Waals surface area contributed by atoms with Crippen molar-refractivity contribution in [1.82, 2.24) is 15.1 Å². The van der Waals surface area contributed by atoms with E-state index in [1.807, 2.05) is 46.9 Å². The summed E-state index contributed by atoms with van der Waals surface area (Å²) in [5.74, 6) is 0.868. The zero-order valence-corrected chi connectivity index (χ0v) is 14.2. The number of aryl methyl sites for hydroxylation is 1. The summed E-state index contributed by atoms with van der Waals surface area (Å²) in [5, 5.41) is 8.35. The van der Waals surface area contributed by atoms with E-state index >= 15 is 0 Å². The van der Waals surface area contributed by atoms with E-state index in [9.17, 15) is 4.79 Å². The Morgan fingerprint density at radius 3 is 2.68 bits per heavy atom. The molecular weight excluding hydrogens is 280 g/mol. The van der Waals surface area contributed by atoms with Crippen LogP contribution in [0, 0.1) is 6.92 Å². The molecule has 1 aliphatic rings. The van der Waals surface area contributed by atoms with Gasteiger partial charge in [-0.25, -0.2) is 4.79 Å². The Labute approximate surface area is 132 Å². The van der Waals surface area contributed by atoms with E-state index < -0.39 is 5.60 Å². The Balaban J connectivity index is 2.00. The van der Waals surface area contributed by atoms with E-state index in [0.717, 1.165) is 37.4 Å². The van der Waals surface area contributed by atoms with Crippen molar-refractivity contribution in [2.24, 2.45) is 0 Å². The van der Waals surface area contributed by atoms with Crippen LogP contribution < -0.4 is 4.90 Å². The van der Waals surface area contributed by atoms with Gasteiger partial charge in [-0.3, -0.25) is 0 Å². The largest absolute Gasteiger partial charge is 0.444 e. The first-order valence-electron chi connectivity index (χ1n) is 7.77. The molecule has 6 heteroatoms. The van der Waals surface area contributed by atoms with Crippen molar-refractivity contribution >= 4 is 11.9 Å². The molecule has 122 valence electrons. The van der Waals surface area contributed by atoms with Gasteiger partial charge in [-0.2, -0.15) is 5.10 Å². The standard InChI is InChI=1S/C16H26N4O2/c1-12-8-9-14(18-17-12)20-10-6-7-13(11-20)19(5)15(21)22-16(2,3)4/h8-9,13H,6-7,10-11H2,1-5H3/t13-/m1/s1. The number of rotatable bonds is 2.